The standard InChI is InChI=1S/C10H13FO/c1-6-5-10(11)7(2)4-9(6)8(3)12/h4-5,8,12H,1-3H3/t8-/m0/s1. The van der Waals surface area contributed by atoms with Crippen LogP contribution in [0.4, 0.5) is 4.39 Å². The summed E-state index contributed by atoms with van der Waals surface area (Å²) in [4.78, 5) is 0. The van der Waals surface area contributed by atoms with Crippen LogP contribution in [0, 0.1) is 19.7 Å². The maximum Gasteiger partial charge on any atom is 0.126 e. The van der Waals surface area contributed by atoms with Crippen LogP contribution in [0.5, 0.6) is 0 Å². The lowest BCUT2D eigenvalue weighted by atomic mass is 10.0. The predicted octanol–water partition coefficient (Wildman–Crippen LogP) is 2.50. The molecule has 2 heteroatoms. The molecule has 1 rings (SSSR count). The van der Waals surface area contributed by atoms with Gasteiger partial charge in [-0.25, -0.2) is 4.39 Å². The second-order valence-corrected chi connectivity index (χ2v) is 3.13. The van der Waals surface area contributed by atoms with Gasteiger partial charge in [0.05, 0.1) is 6.10 Å². The van der Waals surface area contributed by atoms with E-state index in [1.165, 1.54) is 6.07 Å². The Morgan fingerprint density at radius 1 is 1.25 bits per heavy atom. The molecule has 0 aliphatic carbocycles. The van der Waals surface area contributed by atoms with Crippen LogP contribution in [0.2, 0.25) is 0 Å². The average Bonchev–Trinajstić information content (AvgIpc) is 1.96. The molecule has 1 N–H and O–H groups in total. The Labute approximate surface area is 71.9 Å². The molecule has 12 heavy (non-hydrogen) atoms. The van der Waals surface area contributed by atoms with Crippen molar-refractivity contribution in [2.75, 3.05) is 0 Å². The summed E-state index contributed by atoms with van der Waals surface area (Å²) >= 11 is 0. The topological polar surface area (TPSA) is 20.2 Å². The first kappa shape index (κ1) is 9.20. The van der Waals surface area contributed by atoms with Crippen molar-refractivity contribution in [2.45, 2.75) is 26.9 Å². The fourth-order valence-corrected chi connectivity index (χ4v) is 1.25. The minimum atomic E-state index is -0.524. The molecule has 1 aromatic rings. The van der Waals surface area contributed by atoms with Crippen LogP contribution in [-0.4, -0.2) is 5.11 Å². The van der Waals surface area contributed by atoms with E-state index >= 15 is 0 Å². The third-order valence-electron chi connectivity index (χ3n) is 2.00. The maximum atomic E-state index is 12.9. The molecule has 66 valence electrons. The Kier molecular flexibility index (Phi) is 2.48. The first-order valence-corrected chi connectivity index (χ1v) is 3.97. The highest BCUT2D eigenvalue weighted by atomic mass is 19.1. The molecule has 1 nitrogen and oxygen atoms in total. The van der Waals surface area contributed by atoms with Gasteiger partial charge >= 0.3 is 0 Å². The Morgan fingerprint density at radius 3 is 2.33 bits per heavy atom. The van der Waals surface area contributed by atoms with Gasteiger partial charge in [0, 0.05) is 0 Å². The number of benzene rings is 1. The van der Waals surface area contributed by atoms with E-state index in [1.807, 2.05) is 0 Å². The van der Waals surface area contributed by atoms with Crippen LogP contribution in [-0.2, 0) is 0 Å². The molecule has 0 spiro atoms. The zero-order valence-electron chi connectivity index (χ0n) is 7.56. The molecule has 1 aromatic carbocycles. The summed E-state index contributed by atoms with van der Waals surface area (Å²) in [5, 5.41) is 9.30. The zero-order valence-corrected chi connectivity index (χ0v) is 7.56. The van der Waals surface area contributed by atoms with Gasteiger partial charge in [-0.15, -0.1) is 0 Å². The van der Waals surface area contributed by atoms with Crippen LogP contribution in [0.1, 0.15) is 29.7 Å². The summed E-state index contributed by atoms with van der Waals surface area (Å²) in [6, 6.07) is 3.15. The van der Waals surface area contributed by atoms with Gasteiger partial charge < -0.3 is 5.11 Å². The van der Waals surface area contributed by atoms with Gasteiger partial charge in [0.1, 0.15) is 5.82 Å². The van der Waals surface area contributed by atoms with E-state index in [4.69, 9.17) is 0 Å². The van der Waals surface area contributed by atoms with Gasteiger partial charge in [-0.2, -0.15) is 0 Å². The van der Waals surface area contributed by atoms with Gasteiger partial charge in [-0.05, 0) is 43.5 Å². The normalized spacial score (nSPS) is 13.1. The molecular formula is C10H13FO. The minimum absolute atomic E-state index is 0.211. The number of rotatable bonds is 1. The summed E-state index contributed by atoms with van der Waals surface area (Å²) in [7, 11) is 0. The van der Waals surface area contributed by atoms with Gasteiger partial charge in [0.15, 0.2) is 0 Å². The Bertz CT molecular complexity index is 292. The van der Waals surface area contributed by atoms with E-state index in [9.17, 15) is 9.50 Å². The Hall–Kier alpha value is -0.890. The average molecular weight is 168 g/mol. The van der Waals surface area contributed by atoms with Crippen molar-refractivity contribution in [3.05, 3.63) is 34.6 Å². The molecule has 0 amide bonds. The number of aliphatic hydroxyl groups excluding tert-OH is 1. The van der Waals surface area contributed by atoms with Crippen molar-refractivity contribution in [1.82, 2.24) is 0 Å². The van der Waals surface area contributed by atoms with E-state index in [0.29, 0.717) is 5.56 Å². The molecule has 1 atom stereocenters. The van der Waals surface area contributed by atoms with Crippen molar-refractivity contribution in [3.63, 3.8) is 0 Å². The third-order valence-corrected chi connectivity index (χ3v) is 2.00. The number of aliphatic hydroxyl groups is 1. The third kappa shape index (κ3) is 1.64. The molecule has 0 fully saturated rings. The highest BCUT2D eigenvalue weighted by Gasteiger charge is 2.07. The van der Waals surface area contributed by atoms with E-state index < -0.39 is 6.10 Å². The lowest BCUT2D eigenvalue weighted by Gasteiger charge is -2.10. The largest absolute Gasteiger partial charge is 0.389 e. The summed E-state index contributed by atoms with van der Waals surface area (Å²) in [6.07, 6.45) is -0.524. The van der Waals surface area contributed by atoms with Crippen LogP contribution < -0.4 is 0 Å². The second kappa shape index (κ2) is 3.23. The molecule has 0 aliphatic rings. The lowest BCUT2D eigenvalue weighted by Crippen LogP contribution is -1.97. The van der Waals surface area contributed by atoms with Gasteiger partial charge in [0.2, 0.25) is 0 Å². The molecule has 0 saturated heterocycles. The zero-order chi connectivity index (χ0) is 9.30. The number of aryl methyl sites for hydroxylation is 2. The van der Waals surface area contributed by atoms with Crippen molar-refractivity contribution < 1.29 is 9.50 Å². The molecule has 0 bridgehead atoms. The fraction of sp³-hybridized carbons (Fsp3) is 0.400. The number of hydrogen-bond acceptors (Lipinski definition) is 1. The van der Waals surface area contributed by atoms with Gasteiger partial charge in [0.25, 0.3) is 0 Å². The van der Waals surface area contributed by atoms with Crippen molar-refractivity contribution in [3.8, 4) is 0 Å². The molecule has 0 saturated carbocycles. The van der Waals surface area contributed by atoms with Crippen LogP contribution in [0.3, 0.4) is 0 Å². The van der Waals surface area contributed by atoms with Crippen molar-refractivity contribution in [2.24, 2.45) is 0 Å². The van der Waals surface area contributed by atoms with E-state index in [1.54, 1.807) is 26.8 Å². The fourth-order valence-electron chi connectivity index (χ4n) is 1.25. The summed E-state index contributed by atoms with van der Waals surface area (Å²) in [6.45, 7) is 5.17. The summed E-state index contributed by atoms with van der Waals surface area (Å²) in [5.41, 5.74) is 2.18. The first-order chi connectivity index (χ1) is 5.52. The molecule has 0 unspecified atom stereocenters. The number of halogens is 1. The van der Waals surface area contributed by atoms with Gasteiger partial charge in [-0.3, -0.25) is 0 Å². The summed E-state index contributed by atoms with van der Waals surface area (Å²) < 4.78 is 12.9. The Balaban J connectivity index is 3.23. The SMILES string of the molecule is Cc1cc([C@H](C)O)c(C)cc1F. The van der Waals surface area contributed by atoms with E-state index in [-0.39, 0.29) is 5.82 Å². The highest BCUT2D eigenvalue weighted by Crippen LogP contribution is 2.20. The van der Waals surface area contributed by atoms with Crippen LogP contribution >= 0.6 is 0 Å². The molecular weight excluding hydrogens is 155 g/mol. The van der Waals surface area contributed by atoms with E-state index in [0.717, 1.165) is 11.1 Å². The van der Waals surface area contributed by atoms with Crippen molar-refractivity contribution in [1.29, 1.82) is 0 Å². The first-order valence-electron chi connectivity index (χ1n) is 3.97. The van der Waals surface area contributed by atoms with Gasteiger partial charge in [-0.1, -0.05) is 6.07 Å². The Morgan fingerprint density at radius 2 is 1.83 bits per heavy atom. The summed E-state index contributed by atoms with van der Waals surface area (Å²) in [5.74, 6) is -0.211. The quantitative estimate of drug-likeness (QED) is 0.683. The van der Waals surface area contributed by atoms with Crippen molar-refractivity contribution >= 4 is 0 Å². The molecule has 0 radical (unpaired) electrons. The predicted molar refractivity (Wildman–Crippen MR) is 46.5 cm³/mol. The maximum absolute atomic E-state index is 12.9. The molecule has 0 heterocycles. The smallest absolute Gasteiger partial charge is 0.126 e. The number of hydrogen-bond donors (Lipinski definition) is 1. The van der Waals surface area contributed by atoms with Crippen LogP contribution in [0.15, 0.2) is 12.1 Å². The van der Waals surface area contributed by atoms with E-state index in [2.05, 4.69) is 0 Å². The molecule has 0 aromatic heterocycles. The lowest BCUT2D eigenvalue weighted by molar-refractivity contribution is 0.198. The monoisotopic (exact) mass is 168 g/mol. The van der Waals surface area contributed by atoms with Crippen LogP contribution in [0.25, 0.3) is 0 Å². The minimum Gasteiger partial charge on any atom is -0.389 e. The highest BCUT2D eigenvalue weighted by molar-refractivity contribution is 5.32. The molecule has 0 aliphatic heterocycles. The second-order valence-electron chi connectivity index (χ2n) is 3.13.